The molecule has 0 radical (unpaired) electrons. The molecule has 0 saturated heterocycles. The zero-order valence-corrected chi connectivity index (χ0v) is 29.6. The first-order chi connectivity index (χ1) is 28.9. The molecule has 2 aromatic heterocycles. The van der Waals surface area contributed by atoms with Crippen LogP contribution in [0.2, 0.25) is 0 Å². The van der Waals surface area contributed by atoms with Crippen molar-refractivity contribution in [3.05, 3.63) is 206 Å². The maximum Gasteiger partial charge on any atom is 0.238 e. The first-order valence-electron chi connectivity index (χ1n) is 20.2. The number of nitrogens with zero attached hydrogens (tertiary/aromatic N) is 4. The molecule has 258 valence electrons. The molecule has 0 atom stereocenters. The molecule has 0 saturated carbocycles. The number of hydrogen-bond acceptors (Lipinski definition) is 3. The minimum absolute atomic E-state index is 0.119. The Balaban J connectivity index is 1.21. The molecule has 4 nitrogen and oxygen atoms in total. The second kappa shape index (κ2) is 13.8. The highest BCUT2D eigenvalue weighted by molar-refractivity contribution is 6.10. The average molecular weight is 707 g/mol. The summed E-state index contributed by atoms with van der Waals surface area (Å²) in [5.41, 5.74) is 10.9. The molecule has 0 fully saturated rings. The van der Waals surface area contributed by atoms with Gasteiger partial charge in [0, 0.05) is 21.9 Å². The zero-order valence-electron chi connectivity index (χ0n) is 33.6. The van der Waals surface area contributed by atoms with Gasteiger partial charge in [-0.1, -0.05) is 188 Å². The van der Waals surface area contributed by atoms with E-state index in [1.165, 1.54) is 0 Å². The van der Waals surface area contributed by atoms with Crippen LogP contribution in [0.5, 0.6) is 0 Å². The van der Waals surface area contributed by atoms with E-state index in [0.717, 1.165) is 55.6 Å². The Morgan fingerprint density at radius 1 is 0.327 bits per heavy atom. The van der Waals surface area contributed by atoms with Crippen molar-refractivity contribution in [3.63, 3.8) is 0 Å². The highest BCUT2D eigenvalue weighted by Gasteiger charge is 2.19. The molecule has 4 heteroatoms. The summed E-state index contributed by atoms with van der Waals surface area (Å²) in [4.78, 5) is 15.3. The van der Waals surface area contributed by atoms with Crippen molar-refractivity contribution in [2.45, 2.75) is 0 Å². The van der Waals surface area contributed by atoms with Gasteiger partial charge in [-0.05, 0) is 62.7 Å². The van der Waals surface area contributed by atoms with Gasteiger partial charge in [0.1, 0.15) is 0 Å². The fourth-order valence-corrected chi connectivity index (χ4v) is 7.22. The molecule has 2 heterocycles. The van der Waals surface area contributed by atoms with Crippen LogP contribution in [0.4, 0.5) is 0 Å². The molecule has 0 aliphatic rings. The van der Waals surface area contributed by atoms with Gasteiger partial charge < -0.3 is 0 Å². The van der Waals surface area contributed by atoms with E-state index in [-0.39, 0.29) is 30.1 Å². The molecule has 10 aromatic rings. The highest BCUT2D eigenvalue weighted by atomic mass is 15.2. The van der Waals surface area contributed by atoms with Gasteiger partial charge >= 0.3 is 0 Å². The fraction of sp³-hybridized carbons (Fsp3) is 0. The van der Waals surface area contributed by atoms with E-state index in [1.54, 1.807) is 4.57 Å². The van der Waals surface area contributed by atoms with Crippen LogP contribution in [0.3, 0.4) is 0 Å². The molecule has 0 aliphatic heterocycles. The summed E-state index contributed by atoms with van der Waals surface area (Å²) in [5.74, 6) is 1.10. The molecular weight excluding hydrogens is 669 g/mol. The summed E-state index contributed by atoms with van der Waals surface area (Å²) in [6.07, 6.45) is 0. The Morgan fingerprint density at radius 2 is 0.745 bits per heavy atom. The van der Waals surface area contributed by atoms with E-state index in [9.17, 15) is 1.37 Å². The first kappa shape index (κ1) is 28.1. The summed E-state index contributed by atoms with van der Waals surface area (Å²) in [7, 11) is 0. The number of para-hydroxylation sites is 1. The monoisotopic (exact) mass is 706 g/mol. The molecular formula is C51H34N4. The largest absolute Gasteiger partial charge is 0.278 e. The number of fused-ring (bicyclic) bond motifs is 3. The maximum atomic E-state index is 9.25. The predicted molar refractivity (Wildman–Crippen MR) is 227 cm³/mol. The molecule has 10 rings (SSSR count). The summed E-state index contributed by atoms with van der Waals surface area (Å²) < 4.78 is 37.5. The third-order valence-electron chi connectivity index (χ3n) is 10.0. The smallest absolute Gasteiger partial charge is 0.238 e. The lowest BCUT2D eigenvalue weighted by atomic mass is 9.98. The van der Waals surface area contributed by atoms with Crippen LogP contribution in [0.1, 0.15) is 5.48 Å². The topological polar surface area (TPSA) is 43.6 Å². The number of benzene rings is 8. The molecule has 0 amide bonds. The second-order valence-corrected chi connectivity index (χ2v) is 13.4. The van der Waals surface area contributed by atoms with Crippen LogP contribution in [0.15, 0.2) is 206 Å². The molecule has 0 N–H and O–H groups in total. The van der Waals surface area contributed by atoms with Gasteiger partial charge in [-0.25, -0.2) is 4.98 Å². The lowest BCUT2D eigenvalue weighted by Gasteiger charge is -2.12. The fourth-order valence-electron chi connectivity index (χ4n) is 7.22. The number of rotatable bonds is 7. The summed E-state index contributed by atoms with van der Waals surface area (Å²) in [5, 5.41) is 1.07. The van der Waals surface area contributed by atoms with Crippen molar-refractivity contribution in [1.29, 1.82) is 0 Å². The Hall–Kier alpha value is -7.43. The molecule has 8 aromatic carbocycles. The quantitative estimate of drug-likeness (QED) is 0.166. The first-order valence-corrected chi connectivity index (χ1v) is 18.2. The van der Waals surface area contributed by atoms with E-state index < -0.39 is 0 Å². The maximum absolute atomic E-state index is 9.25. The molecule has 0 unspecified atom stereocenters. The van der Waals surface area contributed by atoms with Crippen LogP contribution < -0.4 is 0 Å². The van der Waals surface area contributed by atoms with E-state index in [4.69, 9.17) is 19.1 Å². The van der Waals surface area contributed by atoms with Gasteiger partial charge in [-0.15, -0.1) is 0 Å². The third-order valence-corrected chi connectivity index (χ3v) is 10.0. The Kier molecular flexibility index (Phi) is 7.08. The SMILES string of the molecule is [2H]c1c([2H])c([2H])c2c(c1[2H])c1ccc(-c3cccc(-c4ccccc4)c3)cc1n2-c1nc(-c2ccc(-c3ccccc3)cc2)nc(-c2ccc(-c3ccccc3)cc2)n1. The molecule has 0 bridgehead atoms. The Labute approximate surface area is 325 Å². The van der Waals surface area contributed by atoms with Crippen molar-refractivity contribution < 1.29 is 5.48 Å². The van der Waals surface area contributed by atoms with Crippen LogP contribution in [-0.4, -0.2) is 19.5 Å². The number of aromatic nitrogens is 4. The lowest BCUT2D eigenvalue weighted by molar-refractivity contribution is 0.953. The van der Waals surface area contributed by atoms with Crippen LogP contribution in [0.25, 0.3) is 95.0 Å². The minimum atomic E-state index is -0.329. The summed E-state index contributed by atoms with van der Waals surface area (Å²) in [6.45, 7) is 0. The standard InChI is InChI=1S/C51H34N4/c1-4-13-35(14-5-1)38-23-27-40(28-24-38)49-52-50(41-29-25-39(26-30-41)36-15-6-2-7-16-36)54-51(53-49)55-47-22-11-10-21-45(47)46-32-31-44(34-48(46)55)43-20-12-19-42(33-43)37-17-8-3-9-18-37/h1-34H/i10D,11D,21D,22D. The molecule has 55 heavy (non-hydrogen) atoms. The van der Waals surface area contributed by atoms with E-state index in [0.29, 0.717) is 33.5 Å². The Bertz CT molecular complexity index is 3070. The minimum Gasteiger partial charge on any atom is -0.278 e. The third kappa shape index (κ3) is 6.16. The van der Waals surface area contributed by atoms with E-state index in [2.05, 4.69) is 78.9 Å². The van der Waals surface area contributed by atoms with Gasteiger partial charge in [0.15, 0.2) is 11.6 Å². The van der Waals surface area contributed by atoms with E-state index >= 15 is 0 Å². The van der Waals surface area contributed by atoms with Crippen molar-refractivity contribution >= 4 is 21.8 Å². The summed E-state index contributed by atoms with van der Waals surface area (Å²) in [6, 6.07) is 60.2. The van der Waals surface area contributed by atoms with Crippen molar-refractivity contribution in [1.82, 2.24) is 19.5 Å². The molecule has 0 spiro atoms. The molecule has 0 aliphatic carbocycles. The van der Waals surface area contributed by atoms with Gasteiger partial charge in [-0.3, -0.25) is 4.57 Å². The zero-order chi connectivity index (χ0) is 40.0. The normalized spacial score (nSPS) is 12.3. The van der Waals surface area contributed by atoms with Gasteiger partial charge in [0.05, 0.1) is 16.5 Å². The average Bonchev–Trinajstić information content (AvgIpc) is 3.66. The van der Waals surface area contributed by atoms with E-state index in [1.807, 2.05) is 103 Å². The van der Waals surface area contributed by atoms with Crippen molar-refractivity contribution in [3.8, 4) is 73.2 Å². The second-order valence-electron chi connectivity index (χ2n) is 13.4. The van der Waals surface area contributed by atoms with Crippen molar-refractivity contribution in [2.24, 2.45) is 0 Å². The van der Waals surface area contributed by atoms with Crippen LogP contribution >= 0.6 is 0 Å². The lowest BCUT2D eigenvalue weighted by Crippen LogP contribution is -2.06. The predicted octanol–water partition coefficient (Wildman–Crippen LogP) is 13.0. The van der Waals surface area contributed by atoms with Gasteiger partial charge in [0.2, 0.25) is 5.95 Å². The van der Waals surface area contributed by atoms with Crippen molar-refractivity contribution in [2.75, 3.05) is 0 Å². The van der Waals surface area contributed by atoms with Crippen LogP contribution in [-0.2, 0) is 0 Å². The highest BCUT2D eigenvalue weighted by Crippen LogP contribution is 2.36. The van der Waals surface area contributed by atoms with Gasteiger partial charge in [0.25, 0.3) is 0 Å². The number of hydrogen-bond donors (Lipinski definition) is 0. The van der Waals surface area contributed by atoms with Gasteiger partial charge in [-0.2, -0.15) is 9.97 Å². The van der Waals surface area contributed by atoms with Crippen LogP contribution in [0, 0.1) is 0 Å². The summed E-state index contributed by atoms with van der Waals surface area (Å²) >= 11 is 0. The Morgan fingerprint density at radius 3 is 1.31 bits per heavy atom.